The number of likely N-dealkylation sites (tertiary alicyclic amines) is 1. The first-order chi connectivity index (χ1) is 12.5. The van der Waals surface area contributed by atoms with Crippen LogP contribution in [0.1, 0.15) is 49.7 Å². The number of ether oxygens (including phenoxy) is 1. The molecule has 1 aliphatic heterocycles. The van der Waals surface area contributed by atoms with Crippen LogP contribution in [0.3, 0.4) is 0 Å². The third kappa shape index (κ3) is 5.38. The predicted octanol–water partition coefficient (Wildman–Crippen LogP) is 2.53. The minimum absolute atomic E-state index is 0.336. The first-order valence-corrected chi connectivity index (χ1v) is 9.64. The summed E-state index contributed by atoms with van der Waals surface area (Å²) < 4.78 is 13.2. The fraction of sp³-hybridized carbons (Fsp3) is 0.737. The van der Waals surface area contributed by atoms with Gasteiger partial charge in [-0.05, 0) is 25.7 Å². The van der Waals surface area contributed by atoms with Crippen LogP contribution in [0.25, 0.3) is 0 Å². The highest BCUT2D eigenvalue weighted by atomic mass is 16.5. The Bertz CT molecular complexity index is 686. The van der Waals surface area contributed by atoms with Gasteiger partial charge in [0, 0.05) is 51.3 Å². The number of hydrogen-bond donors (Lipinski definition) is 0. The summed E-state index contributed by atoms with van der Waals surface area (Å²) in [5.41, 5.74) is 2.45. The second kappa shape index (κ2) is 8.77. The zero-order valence-electron chi connectivity index (χ0n) is 16.4. The van der Waals surface area contributed by atoms with Gasteiger partial charge in [0.25, 0.3) is 0 Å². The first-order valence-electron chi connectivity index (χ1n) is 9.64. The van der Waals surface area contributed by atoms with Gasteiger partial charge in [-0.25, -0.2) is 0 Å². The SMILES string of the molecule is Cc1nn(C)cc1CN1CCC(OCCc2noc(CC(C)C)n2)CC1. The van der Waals surface area contributed by atoms with Gasteiger partial charge in [0.2, 0.25) is 5.89 Å². The average molecular weight is 361 g/mol. The molecule has 0 bridgehead atoms. The van der Waals surface area contributed by atoms with E-state index < -0.39 is 0 Å². The summed E-state index contributed by atoms with van der Waals surface area (Å²) >= 11 is 0. The van der Waals surface area contributed by atoms with Crippen LogP contribution < -0.4 is 0 Å². The Morgan fingerprint density at radius 1 is 1.31 bits per heavy atom. The van der Waals surface area contributed by atoms with Crippen LogP contribution in [0.2, 0.25) is 0 Å². The average Bonchev–Trinajstić information content (AvgIpc) is 3.14. The number of aryl methyl sites for hydroxylation is 2. The quantitative estimate of drug-likeness (QED) is 0.720. The molecule has 1 saturated heterocycles. The molecule has 7 nitrogen and oxygen atoms in total. The minimum Gasteiger partial charge on any atom is -0.378 e. The molecule has 0 saturated carbocycles. The Hall–Kier alpha value is -1.73. The fourth-order valence-electron chi connectivity index (χ4n) is 3.42. The highest BCUT2D eigenvalue weighted by Gasteiger charge is 2.21. The standard InChI is InChI=1S/C19H31N5O2/c1-14(2)11-19-20-18(22-26-19)7-10-25-17-5-8-24(9-6-17)13-16-12-23(4)21-15(16)3/h12,14,17H,5-11,13H2,1-4H3. The van der Waals surface area contributed by atoms with Crippen molar-refractivity contribution in [3.05, 3.63) is 29.2 Å². The van der Waals surface area contributed by atoms with Gasteiger partial charge in [-0.3, -0.25) is 9.58 Å². The topological polar surface area (TPSA) is 69.2 Å². The highest BCUT2D eigenvalue weighted by molar-refractivity contribution is 5.15. The molecule has 26 heavy (non-hydrogen) atoms. The van der Waals surface area contributed by atoms with Crippen LogP contribution in [-0.4, -0.2) is 50.6 Å². The maximum Gasteiger partial charge on any atom is 0.226 e. The largest absolute Gasteiger partial charge is 0.378 e. The lowest BCUT2D eigenvalue weighted by atomic mass is 10.1. The Kier molecular flexibility index (Phi) is 6.43. The second-order valence-corrected chi connectivity index (χ2v) is 7.71. The lowest BCUT2D eigenvalue weighted by molar-refractivity contribution is 0.00673. The lowest BCUT2D eigenvalue weighted by Gasteiger charge is -2.31. The third-order valence-corrected chi connectivity index (χ3v) is 4.82. The van der Waals surface area contributed by atoms with Gasteiger partial charge in [-0.2, -0.15) is 10.1 Å². The Morgan fingerprint density at radius 2 is 2.08 bits per heavy atom. The van der Waals surface area contributed by atoms with E-state index in [2.05, 4.69) is 47.1 Å². The van der Waals surface area contributed by atoms with E-state index >= 15 is 0 Å². The molecule has 3 heterocycles. The van der Waals surface area contributed by atoms with Gasteiger partial charge in [0.15, 0.2) is 5.82 Å². The van der Waals surface area contributed by atoms with Gasteiger partial charge in [-0.1, -0.05) is 19.0 Å². The van der Waals surface area contributed by atoms with Crippen molar-refractivity contribution in [3.8, 4) is 0 Å². The minimum atomic E-state index is 0.336. The zero-order valence-corrected chi connectivity index (χ0v) is 16.4. The summed E-state index contributed by atoms with van der Waals surface area (Å²) in [6, 6.07) is 0. The van der Waals surface area contributed by atoms with E-state index in [0.29, 0.717) is 18.6 Å². The van der Waals surface area contributed by atoms with Crippen LogP contribution in [-0.2, 0) is 31.2 Å². The first kappa shape index (κ1) is 19.0. The van der Waals surface area contributed by atoms with Gasteiger partial charge in [0.05, 0.1) is 18.4 Å². The van der Waals surface area contributed by atoms with Gasteiger partial charge in [-0.15, -0.1) is 0 Å². The molecule has 3 rings (SSSR count). The summed E-state index contributed by atoms with van der Waals surface area (Å²) in [6.45, 7) is 10.2. The van der Waals surface area contributed by atoms with E-state index in [1.807, 2.05) is 11.7 Å². The Balaban J connectivity index is 1.35. The number of rotatable bonds is 8. The van der Waals surface area contributed by atoms with Crippen molar-refractivity contribution >= 4 is 0 Å². The summed E-state index contributed by atoms with van der Waals surface area (Å²) in [5, 5.41) is 8.46. The molecule has 2 aromatic rings. The molecule has 1 fully saturated rings. The smallest absolute Gasteiger partial charge is 0.226 e. The maximum atomic E-state index is 6.04. The molecule has 144 valence electrons. The van der Waals surface area contributed by atoms with E-state index in [9.17, 15) is 0 Å². The molecule has 0 spiro atoms. The number of hydrogen-bond acceptors (Lipinski definition) is 6. The number of aromatic nitrogens is 4. The van der Waals surface area contributed by atoms with Crippen LogP contribution in [0.5, 0.6) is 0 Å². The third-order valence-electron chi connectivity index (χ3n) is 4.82. The molecule has 2 aromatic heterocycles. The Morgan fingerprint density at radius 3 is 2.73 bits per heavy atom. The molecule has 0 amide bonds. The normalized spacial score (nSPS) is 16.7. The number of piperidine rings is 1. The molecule has 0 aromatic carbocycles. The molecule has 0 atom stereocenters. The monoisotopic (exact) mass is 361 g/mol. The van der Waals surface area contributed by atoms with Crippen molar-refractivity contribution in [2.24, 2.45) is 13.0 Å². The van der Waals surface area contributed by atoms with Crippen LogP contribution in [0.15, 0.2) is 10.7 Å². The van der Waals surface area contributed by atoms with E-state index in [1.54, 1.807) is 0 Å². The molecule has 0 N–H and O–H groups in total. The molecule has 7 heteroatoms. The second-order valence-electron chi connectivity index (χ2n) is 7.71. The predicted molar refractivity (Wildman–Crippen MR) is 98.7 cm³/mol. The van der Waals surface area contributed by atoms with E-state index in [4.69, 9.17) is 9.26 Å². The van der Waals surface area contributed by atoms with Crippen molar-refractivity contribution < 1.29 is 9.26 Å². The van der Waals surface area contributed by atoms with Crippen molar-refractivity contribution in [2.75, 3.05) is 19.7 Å². The zero-order chi connectivity index (χ0) is 18.5. The van der Waals surface area contributed by atoms with Crippen LogP contribution in [0, 0.1) is 12.8 Å². The van der Waals surface area contributed by atoms with Gasteiger partial charge in [0.1, 0.15) is 0 Å². The van der Waals surface area contributed by atoms with Crippen molar-refractivity contribution in [1.82, 2.24) is 24.8 Å². The van der Waals surface area contributed by atoms with Gasteiger partial charge >= 0.3 is 0 Å². The molecular formula is C19H31N5O2. The summed E-state index contributed by atoms with van der Waals surface area (Å²) in [7, 11) is 1.98. The van der Waals surface area contributed by atoms with Crippen molar-refractivity contribution in [1.29, 1.82) is 0 Å². The van der Waals surface area contributed by atoms with E-state index in [-0.39, 0.29) is 0 Å². The molecule has 1 aliphatic rings. The fourth-order valence-corrected chi connectivity index (χ4v) is 3.42. The van der Waals surface area contributed by atoms with Crippen LogP contribution >= 0.6 is 0 Å². The Labute approximate surface area is 155 Å². The molecule has 0 aliphatic carbocycles. The van der Waals surface area contributed by atoms with Gasteiger partial charge < -0.3 is 9.26 Å². The summed E-state index contributed by atoms with van der Waals surface area (Å²) in [5.74, 6) is 2.01. The highest BCUT2D eigenvalue weighted by Crippen LogP contribution is 2.17. The van der Waals surface area contributed by atoms with E-state index in [0.717, 1.165) is 62.7 Å². The van der Waals surface area contributed by atoms with Crippen molar-refractivity contribution in [2.45, 2.75) is 59.1 Å². The maximum absolute atomic E-state index is 6.04. The molecule has 0 unspecified atom stereocenters. The summed E-state index contributed by atoms with van der Waals surface area (Å²) in [4.78, 5) is 6.92. The lowest BCUT2D eigenvalue weighted by Crippen LogP contribution is -2.36. The summed E-state index contributed by atoms with van der Waals surface area (Å²) in [6.07, 6.45) is 6.16. The van der Waals surface area contributed by atoms with Crippen molar-refractivity contribution in [3.63, 3.8) is 0 Å². The van der Waals surface area contributed by atoms with E-state index in [1.165, 1.54) is 5.56 Å². The van der Waals surface area contributed by atoms with Crippen LogP contribution in [0.4, 0.5) is 0 Å². The molecular weight excluding hydrogens is 330 g/mol. The number of nitrogens with zero attached hydrogens (tertiary/aromatic N) is 5. The molecule has 0 radical (unpaired) electrons.